The molecule has 1 saturated heterocycles. The summed E-state index contributed by atoms with van der Waals surface area (Å²) in [6, 6.07) is 0. The molecule has 0 bridgehead atoms. The van der Waals surface area contributed by atoms with Crippen molar-refractivity contribution in [3.8, 4) is 0 Å². The minimum absolute atomic E-state index is 0.0311. The molecule has 0 N–H and O–H groups in total. The van der Waals surface area contributed by atoms with Crippen LogP contribution in [0.4, 0.5) is 0 Å². The number of ether oxygens (including phenoxy) is 1. The Bertz CT molecular complexity index is 582. The Morgan fingerprint density at radius 3 is 2.48 bits per heavy atom. The van der Waals surface area contributed by atoms with Gasteiger partial charge in [-0.3, -0.25) is 14.4 Å². The van der Waals surface area contributed by atoms with Crippen molar-refractivity contribution in [2.75, 3.05) is 0 Å². The number of carbonyl (C=O) groups is 3. The van der Waals surface area contributed by atoms with Crippen molar-refractivity contribution in [1.29, 1.82) is 0 Å². The molecule has 3 saturated carbocycles. The molecular weight excluding hydrogens is 292 g/mol. The first-order valence-corrected chi connectivity index (χ1v) is 9.14. The van der Waals surface area contributed by atoms with Crippen LogP contribution in [0.15, 0.2) is 0 Å². The Morgan fingerprint density at radius 1 is 0.913 bits per heavy atom. The van der Waals surface area contributed by atoms with Gasteiger partial charge in [-0.25, -0.2) is 0 Å². The molecule has 0 amide bonds. The lowest BCUT2D eigenvalue weighted by molar-refractivity contribution is -0.201. The summed E-state index contributed by atoms with van der Waals surface area (Å²) in [6.07, 6.45) is 6.47. The highest BCUT2D eigenvalue weighted by Crippen LogP contribution is 2.62. The maximum Gasteiger partial charge on any atom is 0.306 e. The van der Waals surface area contributed by atoms with E-state index in [4.69, 9.17) is 4.74 Å². The van der Waals surface area contributed by atoms with Gasteiger partial charge in [0, 0.05) is 24.7 Å². The molecule has 0 spiro atoms. The lowest BCUT2D eigenvalue weighted by atomic mass is 9.45. The van der Waals surface area contributed by atoms with Gasteiger partial charge in [0.2, 0.25) is 5.78 Å². The molecular formula is C19H26O4. The molecule has 0 aromatic carbocycles. The van der Waals surface area contributed by atoms with E-state index in [1.807, 2.05) is 0 Å². The number of fused-ring (bicyclic) bond motifs is 5. The number of esters is 1. The van der Waals surface area contributed by atoms with Crippen molar-refractivity contribution >= 4 is 17.5 Å². The van der Waals surface area contributed by atoms with Crippen molar-refractivity contribution in [2.45, 2.75) is 70.8 Å². The van der Waals surface area contributed by atoms with E-state index in [9.17, 15) is 14.4 Å². The van der Waals surface area contributed by atoms with E-state index >= 15 is 0 Å². The summed E-state index contributed by atoms with van der Waals surface area (Å²) in [5.41, 5.74) is -0.342. The predicted octanol–water partition coefficient (Wildman–Crippen LogP) is 3.07. The number of hydrogen-bond donors (Lipinski definition) is 0. The molecule has 0 aromatic rings. The fourth-order valence-corrected chi connectivity index (χ4v) is 6.46. The highest BCUT2D eigenvalue weighted by atomic mass is 16.6. The van der Waals surface area contributed by atoms with Crippen LogP contribution in [-0.2, 0) is 19.1 Å². The third kappa shape index (κ3) is 2.06. The van der Waals surface area contributed by atoms with E-state index in [1.165, 1.54) is 0 Å². The van der Waals surface area contributed by atoms with E-state index < -0.39 is 0 Å². The zero-order chi connectivity index (χ0) is 16.4. The molecule has 1 aliphatic heterocycles. The first kappa shape index (κ1) is 15.3. The van der Waals surface area contributed by atoms with Gasteiger partial charge in [0.25, 0.3) is 0 Å². The first-order chi connectivity index (χ1) is 10.8. The lowest BCUT2D eigenvalue weighted by Gasteiger charge is -2.60. The molecule has 6 atom stereocenters. The number of hydrogen-bond acceptors (Lipinski definition) is 4. The Kier molecular flexibility index (Phi) is 3.27. The normalized spacial score (nSPS) is 49.7. The largest absolute Gasteiger partial charge is 0.459 e. The molecule has 3 aliphatic carbocycles. The Labute approximate surface area is 137 Å². The van der Waals surface area contributed by atoms with Crippen LogP contribution in [0.25, 0.3) is 0 Å². The number of Topliss-reactive ketones (excluding diaryl/α,β-unsaturated/α-hetero) is 2. The lowest BCUT2D eigenvalue weighted by Crippen LogP contribution is -2.59. The minimum Gasteiger partial charge on any atom is -0.459 e. The molecule has 4 fully saturated rings. The summed E-state index contributed by atoms with van der Waals surface area (Å²) in [6.45, 7) is 4.35. The summed E-state index contributed by atoms with van der Waals surface area (Å²) < 4.78 is 5.77. The van der Waals surface area contributed by atoms with Gasteiger partial charge in [-0.1, -0.05) is 6.92 Å². The van der Waals surface area contributed by atoms with Gasteiger partial charge in [0.05, 0.1) is 0 Å². The standard InChI is InChI=1S/C19H26O4/c1-18-9-8-15(20)17(22)14(18)4-3-11-12(18)7-10-19(2)13(11)5-6-16(21)23-19/h11-14H,3-10H2,1-2H3/t11-,12+,13+,14?,18-,19+/m1/s1. The molecule has 4 nitrogen and oxygen atoms in total. The van der Waals surface area contributed by atoms with Crippen LogP contribution in [0.5, 0.6) is 0 Å². The second kappa shape index (κ2) is 4.90. The van der Waals surface area contributed by atoms with Crippen molar-refractivity contribution in [1.82, 2.24) is 0 Å². The van der Waals surface area contributed by atoms with Gasteiger partial charge in [-0.15, -0.1) is 0 Å². The highest BCUT2D eigenvalue weighted by Gasteiger charge is 2.60. The van der Waals surface area contributed by atoms with E-state index in [0.717, 1.165) is 38.5 Å². The van der Waals surface area contributed by atoms with Gasteiger partial charge in [-0.2, -0.15) is 0 Å². The van der Waals surface area contributed by atoms with Crippen LogP contribution < -0.4 is 0 Å². The van der Waals surface area contributed by atoms with Gasteiger partial charge in [0.15, 0.2) is 5.78 Å². The quantitative estimate of drug-likeness (QED) is 0.509. The third-order valence-corrected chi connectivity index (χ3v) is 7.69. The van der Waals surface area contributed by atoms with E-state index in [1.54, 1.807) is 0 Å². The van der Waals surface area contributed by atoms with E-state index in [2.05, 4.69) is 13.8 Å². The average Bonchev–Trinajstić information content (AvgIpc) is 2.50. The van der Waals surface area contributed by atoms with Crippen molar-refractivity contribution in [3.05, 3.63) is 0 Å². The fourth-order valence-electron chi connectivity index (χ4n) is 6.46. The van der Waals surface area contributed by atoms with Crippen LogP contribution in [0, 0.1) is 29.1 Å². The van der Waals surface area contributed by atoms with Gasteiger partial charge in [0.1, 0.15) is 5.60 Å². The first-order valence-electron chi connectivity index (χ1n) is 9.14. The SMILES string of the molecule is C[C@]12CCC(=O)C(=O)C1CC[C@@H]1[C@@H]2CC[C@]2(C)OC(=O)CC[C@@H]12. The Hall–Kier alpha value is -1.19. The Morgan fingerprint density at radius 2 is 1.70 bits per heavy atom. The predicted molar refractivity (Wildman–Crippen MR) is 83.5 cm³/mol. The van der Waals surface area contributed by atoms with Crippen LogP contribution >= 0.6 is 0 Å². The molecule has 1 unspecified atom stereocenters. The highest BCUT2D eigenvalue weighted by molar-refractivity contribution is 6.38. The topological polar surface area (TPSA) is 60.4 Å². The smallest absolute Gasteiger partial charge is 0.306 e. The maximum atomic E-state index is 12.4. The Balaban J connectivity index is 1.65. The molecule has 126 valence electrons. The summed E-state index contributed by atoms with van der Waals surface area (Å²) in [4.78, 5) is 36.0. The zero-order valence-electron chi connectivity index (χ0n) is 14.1. The molecule has 4 heteroatoms. The summed E-state index contributed by atoms with van der Waals surface area (Å²) >= 11 is 0. The van der Waals surface area contributed by atoms with Crippen molar-refractivity contribution < 1.29 is 19.1 Å². The molecule has 4 aliphatic rings. The molecule has 0 radical (unpaired) electrons. The summed E-state index contributed by atoms with van der Waals surface area (Å²) in [5, 5.41) is 0. The van der Waals surface area contributed by atoms with Gasteiger partial charge >= 0.3 is 5.97 Å². The molecule has 1 heterocycles. The van der Waals surface area contributed by atoms with E-state index in [-0.39, 0.29) is 34.5 Å². The summed E-state index contributed by atoms with van der Waals surface area (Å²) in [5.74, 6) is 1.06. The monoisotopic (exact) mass is 318 g/mol. The average molecular weight is 318 g/mol. The zero-order valence-corrected chi connectivity index (χ0v) is 14.1. The number of ketones is 2. The molecule has 23 heavy (non-hydrogen) atoms. The van der Waals surface area contributed by atoms with Crippen molar-refractivity contribution in [3.63, 3.8) is 0 Å². The van der Waals surface area contributed by atoms with Crippen LogP contribution in [0.3, 0.4) is 0 Å². The maximum absolute atomic E-state index is 12.4. The number of carbonyl (C=O) groups excluding carboxylic acids is 3. The fraction of sp³-hybridized carbons (Fsp3) is 0.842. The van der Waals surface area contributed by atoms with Crippen LogP contribution in [-0.4, -0.2) is 23.1 Å². The van der Waals surface area contributed by atoms with Gasteiger partial charge in [-0.05, 0) is 62.7 Å². The molecule has 0 aromatic heterocycles. The second-order valence-electron chi connectivity index (χ2n) is 8.66. The minimum atomic E-state index is -0.311. The van der Waals surface area contributed by atoms with Gasteiger partial charge < -0.3 is 4.74 Å². The van der Waals surface area contributed by atoms with Crippen molar-refractivity contribution in [2.24, 2.45) is 29.1 Å². The summed E-state index contributed by atoms with van der Waals surface area (Å²) in [7, 11) is 0. The van der Waals surface area contributed by atoms with Crippen LogP contribution in [0.2, 0.25) is 0 Å². The third-order valence-electron chi connectivity index (χ3n) is 7.69. The number of rotatable bonds is 0. The van der Waals surface area contributed by atoms with E-state index in [0.29, 0.717) is 30.6 Å². The second-order valence-corrected chi connectivity index (χ2v) is 8.66. The van der Waals surface area contributed by atoms with Crippen LogP contribution in [0.1, 0.15) is 65.2 Å². The molecule has 4 rings (SSSR count).